The molecule has 25 heavy (non-hydrogen) atoms. The first-order valence-electron chi connectivity index (χ1n) is 7.51. The smallest absolute Gasteiger partial charge is 0.277 e. The van der Waals surface area contributed by atoms with E-state index in [1.807, 2.05) is 24.3 Å². The minimum Gasteiger partial charge on any atom is -0.497 e. The zero-order valence-electron chi connectivity index (χ0n) is 13.4. The third-order valence-electron chi connectivity index (χ3n) is 3.46. The number of thioether (sulfide) groups is 1. The summed E-state index contributed by atoms with van der Waals surface area (Å²) in [6, 6.07) is 13.0. The molecule has 0 radical (unpaired) electrons. The van der Waals surface area contributed by atoms with Gasteiger partial charge in [-0.25, -0.2) is 4.39 Å². The summed E-state index contributed by atoms with van der Waals surface area (Å²) in [5.74, 6) is 0.909. The van der Waals surface area contributed by atoms with E-state index < -0.39 is 0 Å². The number of rotatable bonds is 7. The van der Waals surface area contributed by atoms with E-state index in [1.165, 1.54) is 24.3 Å². The first-order chi connectivity index (χ1) is 12.1. The number of Topliss-reactive ketones (excluding diaryl/α,β-unsaturated/α-hetero) is 1. The average Bonchev–Trinajstić information content (AvgIpc) is 3.08. The largest absolute Gasteiger partial charge is 0.497 e. The summed E-state index contributed by atoms with van der Waals surface area (Å²) in [6.07, 6.45) is 0.503. The Morgan fingerprint density at radius 2 is 1.84 bits per heavy atom. The number of hydrogen-bond acceptors (Lipinski definition) is 6. The Labute approximate surface area is 148 Å². The Morgan fingerprint density at radius 3 is 2.52 bits per heavy atom. The highest BCUT2D eigenvalue weighted by atomic mass is 32.2. The number of nitrogens with zero attached hydrogens (tertiary/aromatic N) is 2. The third kappa shape index (κ3) is 4.67. The van der Waals surface area contributed by atoms with Gasteiger partial charge in [-0.15, -0.1) is 10.2 Å². The molecule has 0 aliphatic heterocycles. The lowest BCUT2D eigenvalue weighted by molar-refractivity contribution is 0.102. The van der Waals surface area contributed by atoms with Gasteiger partial charge in [0.15, 0.2) is 5.78 Å². The molecule has 2 aromatic carbocycles. The molecule has 5 nitrogen and oxygen atoms in total. The van der Waals surface area contributed by atoms with Crippen LogP contribution in [0.5, 0.6) is 5.75 Å². The fourth-order valence-corrected chi connectivity index (χ4v) is 2.81. The van der Waals surface area contributed by atoms with Crippen LogP contribution in [-0.2, 0) is 6.42 Å². The van der Waals surface area contributed by atoms with Crippen molar-refractivity contribution in [3.05, 3.63) is 71.4 Å². The van der Waals surface area contributed by atoms with Gasteiger partial charge in [-0.2, -0.15) is 0 Å². The fraction of sp³-hybridized carbons (Fsp3) is 0.167. The number of benzene rings is 2. The second-order valence-electron chi connectivity index (χ2n) is 5.21. The molecule has 0 atom stereocenters. The summed E-state index contributed by atoms with van der Waals surface area (Å²) in [6.45, 7) is 0. The van der Waals surface area contributed by atoms with Crippen LogP contribution in [0.3, 0.4) is 0 Å². The van der Waals surface area contributed by atoms with Crippen molar-refractivity contribution < 1.29 is 18.3 Å². The Hall–Kier alpha value is -2.67. The van der Waals surface area contributed by atoms with E-state index in [0.29, 0.717) is 23.1 Å². The van der Waals surface area contributed by atoms with E-state index in [-0.39, 0.29) is 17.4 Å². The molecule has 0 saturated carbocycles. The molecule has 3 rings (SSSR count). The summed E-state index contributed by atoms with van der Waals surface area (Å²) >= 11 is 1.16. The van der Waals surface area contributed by atoms with Gasteiger partial charge in [0.25, 0.3) is 5.22 Å². The van der Waals surface area contributed by atoms with Crippen LogP contribution in [0.15, 0.2) is 58.2 Å². The van der Waals surface area contributed by atoms with E-state index in [0.717, 1.165) is 23.1 Å². The molecule has 0 amide bonds. The van der Waals surface area contributed by atoms with Crippen LogP contribution in [0, 0.1) is 5.82 Å². The van der Waals surface area contributed by atoms with E-state index in [2.05, 4.69) is 10.2 Å². The highest BCUT2D eigenvalue weighted by Gasteiger charge is 2.12. The van der Waals surface area contributed by atoms with E-state index in [4.69, 9.17) is 9.15 Å². The van der Waals surface area contributed by atoms with Crippen molar-refractivity contribution in [2.75, 3.05) is 12.9 Å². The Morgan fingerprint density at radius 1 is 1.12 bits per heavy atom. The third-order valence-corrected chi connectivity index (χ3v) is 4.27. The highest BCUT2D eigenvalue weighted by molar-refractivity contribution is 7.99. The molecular formula is C18H15FN2O3S. The molecule has 7 heteroatoms. The van der Waals surface area contributed by atoms with Crippen molar-refractivity contribution in [2.45, 2.75) is 11.6 Å². The zero-order valence-corrected chi connectivity index (χ0v) is 14.3. The first-order valence-corrected chi connectivity index (χ1v) is 8.49. The second kappa shape index (κ2) is 7.94. The quantitative estimate of drug-likeness (QED) is 0.473. The molecule has 0 unspecified atom stereocenters. The second-order valence-corrected chi connectivity index (χ2v) is 6.13. The molecule has 0 aliphatic carbocycles. The number of halogens is 1. The van der Waals surface area contributed by atoms with Crippen LogP contribution in [0.25, 0.3) is 0 Å². The Balaban J connectivity index is 1.56. The highest BCUT2D eigenvalue weighted by Crippen LogP contribution is 2.20. The van der Waals surface area contributed by atoms with Gasteiger partial charge in [0.05, 0.1) is 19.3 Å². The van der Waals surface area contributed by atoms with Crippen LogP contribution in [-0.4, -0.2) is 28.8 Å². The topological polar surface area (TPSA) is 65.2 Å². The van der Waals surface area contributed by atoms with Crippen LogP contribution >= 0.6 is 11.8 Å². The predicted octanol–water partition coefficient (Wildman–Crippen LogP) is 3.78. The maximum atomic E-state index is 12.9. The molecule has 0 spiro atoms. The molecule has 0 bridgehead atoms. The minimum atomic E-state index is -0.371. The van der Waals surface area contributed by atoms with Crippen molar-refractivity contribution in [1.82, 2.24) is 10.2 Å². The van der Waals surface area contributed by atoms with Crippen LogP contribution in [0.2, 0.25) is 0 Å². The van der Waals surface area contributed by atoms with E-state index in [1.54, 1.807) is 7.11 Å². The van der Waals surface area contributed by atoms with Gasteiger partial charge < -0.3 is 9.15 Å². The summed E-state index contributed by atoms with van der Waals surface area (Å²) in [5, 5.41) is 8.25. The van der Waals surface area contributed by atoms with Crippen LogP contribution < -0.4 is 4.74 Å². The average molecular weight is 358 g/mol. The molecule has 0 N–H and O–H groups in total. The predicted molar refractivity (Wildman–Crippen MR) is 91.6 cm³/mol. The SMILES string of the molecule is COc1ccc(Cc2nnc(SCC(=O)c3ccc(F)cc3)o2)cc1. The summed E-state index contributed by atoms with van der Waals surface area (Å²) < 4.78 is 23.5. The van der Waals surface area contributed by atoms with Crippen LogP contribution in [0.4, 0.5) is 4.39 Å². The van der Waals surface area contributed by atoms with Gasteiger partial charge in [0, 0.05) is 5.56 Å². The lowest BCUT2D eigenvalue weighted by atomic mass is 10.1. The molecule has 0 aliphatic rings. The van der Waals surface area contributed by atoms with Gasteiger partial charge in [-0.3, -0.25) is 4.79 Å². The number of hydrogen-bond donors (Lipinski definition) is 0. The first kappa shape index (κ1) is 17.2. The van der Waals surface area contributed by atoms with Crippen LogP contribution in [0.1, 0.15) is 21.8 Å². The van der Waals surface area contributed by atoms with Crippen molar-refractivity contribution in [1.29, 1.82) is 0 Å². The van der Waals surface area contributed by atoms with Gasteiger partial charge >= 0.3 is 0 Å². The number of ether oxygens (including phenoxy) is 1. The lowest BCUT2D eigenvalue weighted by Crippen LogP contribution is -2.02. The normalized spacial score (nSPS) is 10.6. The Bertz CT molecular complexity index is 848. The standard InChI is InChI=1S/C18H15FN2O3S/c1-23-15-8-2-12(3-9-15)10-17-20-21-18(24-17)25-11-16(22)13-4-6-14(19)7-5-13/h2-9H,10-11H2,1H3. The van der Waals surface area contributed by atoms with Crippen molar-refractivity contribution >= 4 is 17.5 Å². The van der Waals surface area contributed by atoms with Gasteiger partial charge in [0.1, 0.15) is 11.6 Å². The number of carbonyl (C=O) groups is 1. The number of methoxy groups -OCH3 is 1. The minimum absolute atomic E-state index is 0.125. The lowest BCUT2D eigenvalue weighted by Gasteiger charge is -2.00. The number of ketones is 1. The summed E-state index contributed by atoms with van der Waals surface area (Å²) in [7, 11) is 1.61. The summed E-state index contributed by atoms with van der Waals surface area (Å²) in [4.78, 5) is 12.0. The molecule has 3 aromatic rings. The monoisotopic (exact) mass is 358 g/mol. The van der Waals surface area contributed by atoms with Crippen molar-refractivity contribution in [3.8, 4) is 5.75 Å². The molecule has 1 heterocycles. The van der Waals surface area contributed by atoms with Crippen molar-refractivity contribution in [3.63, 3.8) is 0 Å². The number of aromatic nitrogens is 2. The zero-order chi connectivity index (χ0) is 17.6. The molecular weight excluding hydrogens is 343 g/mol. The molecule has 128 valence electrons. The van der Waals surface area contributed by atoms with Gasteiger partial charge in [-0.05, 0) is 42.0 Å². The summed E-state index contributed by atoms with van der Waals surface area (Å²) in [5.41, 5.74) is 1.47. The number of carbonyl (C=O) groups excluding carboxylic acids is 1. The fourth-order valence-electron chi connectivity index (χ4n) is 2.13. The van der Waals surface area contributed by atoms with E-state index >= 15 is 0 Å². The maximum absolute atomic E-state index is 12.9. The molecule has 1 aromatic heterocycles. The molecule has 0 fully saturated rings. The van der Waals surface area contributed by atoms with Gasteiger partial charge in [-0.1, -0.05) is 23.9 Å². The maximum Gasteiger partial charge on any atom is 0.277 e. The van der Waals surface area contributed by atoms with Crippen molar-refractivity contribution in [2.24, 2.45) is 0 Å². The molecule has 0 saturated heterocycles. The van der Waals surface area contributed by atoms with E-state index in [9.17, 15) is 9.18 Å². The van der Waals surface area contributed by atoms with Gasteiger partial charge in [0.2, 0.25) is 5.89 Å². The Kier molecular flexibility index (Phi) is 5.45.